The smallest absolute Gasteiger partial charge is 0.0106 e. The molecule has 16 heavy (non-hydrogen) atoms. The molecule has 2 unspecified atom stereocenters. The maximum absolute atomic E-state index is 3.62. The van der Waals surface area contributed by atoms with Crippen LogP contribution in [0, 0.1) is 11.8 Å². The second kappa shape index (κ2) is 7.29. The summed E-state index contributed by atoms with van der Waals surface area (Å²) in [4.78, 5) is 2.40. The van der Waals surface area contributed by atoms with Gasteiger partial charge in [-0.2, -0.15) is 0 Å². The van der Waals surface area contributed by atoms with Crippen molar-refractivity contribution in [2.75, 3.05) is 26.7 Å². The Balaban J connectivity index is 2.02. The molecule has 0 aromatic heterocycles. The summed E-state index contributed by atoms with van der Waals surface area (Å²) in [6.45, 7) is 10.4. The van der Waals surface area contributed by atoms with Crippen LogP contribution in [0.1, 0.15) is 46.5 Å². The highest BCUT2D eigenvalue weighted by molar-refractivity contribution is 4.72. The summed E-state index contributed by atoms with van der Waals surface area (Å²) in [5.74, 6) is 1.90. The predicted molar refractivity (Wildman–Crippen MR) is 71.8 cm³/mol. The van der Waals surface area contributed by atoms with Gasteiger partial charge in [0.15, 0.2) is 0 Å². The first-order valence-electron chi connectivity index (χ1n) is 7.00. The number of hydrogen-bond acceptors (Lipinski definition) is 2. The predicted octanol–water partition coefficient (Wildman–Crippen LogP) is 2.74. The van der Waals surface area contributed by atoms with E-state index in [1.54, 1.807) is 0 Å². The standard InChI is InChI=1S/C14H30N2/c1-12(2)16(4)9-8-15-11-14-7-5-6-13(3)10-14/h12-15H,5-11H2,1-4H3. The van der Waals surface area contributed by atoms with Gasteiger partial charge in [-0.3, -0.25) is 0 Å². The molecule has 2 nitrogen and oxygen atoms in total. The average molecular weight is 226 g/mol. The molecule has 2 atom stereocenters. The van der Waals surface area contributed by atoms with E-state index in [0.29, 0.717) is 6.04 Å². The highest BCUT2D eigenvalue weighted by Gasteiger charge is 2.18. The zero-order chi connectivity index (χ0) is 12.0. The summed E-state index contributed by atoms with van der Waals surface area (Å²) < 4.78 is 0. The van der Waals surface area contributed by atoms with Gasteiger partial charge < -0.3 is 10.2 Å². The lowest BCUT2D eigenvalue weighted by molar-refractivity contribution is 0.252. The third-order valence-corrected chi connectivity index (χ3v) is 4.00. The molecule has 1 saturated carbocycles. The molecule has 0 heterocycles. The molecule has 0 spiro atoms. The van der Waals surface area contributed by atoms with Gasteiger partial charge in [-0.15, -0.1) is 0 Å². The lowest BCUT2D eigenvalue weighted by atomic mass is 9.82. The zero-order valence-corrected chi connectivity index (χ0v) is 11.6. The van der Waals surface area contributed by atoms with Gasteiger partial charge in [0.25, 0.3) is 0 Å². The van der Waals surface area contributed by atoms with Crippen molar-refractivity contribution in [2.24, 2.45) is 11.8 Å². The fourth-order valence-electron chi connectivity index (χ4n) is 2.56. The highest BCUT2D eigenvalue weighted by atomic mass is 15.1. The number of nitrogens with zero attached hydrogens (tertiary/aromatic N) is 1. The summed E-state index contributed by atoms with van der Waals surface area (Å²) in [5.41, 5.74) is 0. The molecule has 1 N–H and O–H groups in total. The molecule has 0 aliphatic heterocycles. The van der Waals surface area contributed by atoms with E-state index in [1.807, 2.05) is 0 Å². The Labute approximate surface area is 102 Å². The van der Waals surface area contributed by atoms with E-state index in [4.69, 9.17) is 0 Å². The first kappa shape index (κ1) is 14.0. The number of rotatable bonds is 6. The number of likely N-dealkylation sites (N-methyl/N-ethyl adjacent to an activating group) is 1. The van der Waals surface area contributed by atoms with Crippen LogP contribution >= 0.6 is 0 Å². The van der Waals surface area contributed by atoms with Crippen LogP contribution in [0.4, 0.5) is 0 Å². The minimum Gasteiger partial charge on any atom is -0.315 e. The molecule has 1 rings (SSSR count). The summed E-state index contributed by atoms with van der Waals surface area (Å²) in [6, 6.07) is 0.663. The van der Waals surface area contributed by atoms with E-state index in [-0.39, 0.29) is 0 Å². The fraction of sp³-hybridized carbons (Fsp3) is 1.00. The molecule has 0 amide bonds. The molecule has 1 aliphatic carbocycles. The van der Waals surface area contributed by atoms with Gasteiger partial charge >= 0.3 is 0 Å². The van der Waals surface area contributed by atoms with Gasteiger partial charge in [0.2, 0.25) is 0 Å². The van der Waals surface area contributed by atoms with Crippen molar-refractivity contribution in [1.29, 1.82) is 0 Å². The number of nitrogens with one attached hydrogen (secondary N) is 1. The van der Waals surface area contributed by atoms with Crippen molar-refractivity contribution in [3.8, 4) is 0 Å². The van der Waals surface area contributed by atoms with Crippen LogP contribution in [-0.4, -0.2) is 37.6 Å². The molecule has 1 fully saturated rings. The Hall–Kier alpha value is -0.0800. The molecule has 1 aliphatic rings. The summed E-state index contributed by atoms with van der Waals surface area (Å²) >= 11 is 0. The Morgan fingerprint density at radius 3 is 2.69 bits per heavy atom. The van der Waals surface area contributed by atoms with Crippen LogP contribution in [0.3, 0.4) is 0 Å². The highest BCUT2D eigenvalue weighted by Crippen LogP contribution is 2.27. The average Bonchev–Trinajstić information content (AvgIpc) is 2.24. The van der Waals surface area contributed by atoms with E-state index in [0.717, 1.165) is 18.4 Å². The van der Waals surface area contributed by atoms with Crippen LogP contribution in [0.25, 0.3) is 0 Å². The van der Waals surface area contributed by atoms with Crippen molar-refractivity contribution >= 4 is 0 Å². The van der Waals surface area contributed by atoms with Crippen LogP contribution in [0.15, 0.2) is 0 Å². The fourth-order valence-corrected chi connectivity index (χ4v) is 2.56. The molecule has 2 heteroatoms. The van der Waals surface area contributed by atoms with Crippen molar-refractivity contribution in [2.45, 2.75) is 52.5 Å². The van der Waals surface area contributed by atoms with Gasteiger partial charge in [-0.25, -0.2) is 0 Å². The molecular weight excluding hydrogens is 196 g/mol. The minimum absolute atomic E-state index is 0.663. The van der Waals surface area contributed by atoms with E-state index in [2.05, 4.69) is 38.0 Å². The van der Waals surface area contributed by atoms with Crippen LogP contribution in [0.5, 0.6) is 0 Å². The second-order valence-corrected chi connectivity index (χ2v) is 5.92. The van der Waals surface area contributed by atoms with Gasteiger partial charge in [-0.05, 0) is 52.1 Å². The third kappa shape index (κ3) is 5.31. The largest absolute Gasteiger partial charge is 0.315 e. The van der Waals surface area contributed by atoms with Crippen molar-refractivity contribution in [3.05, 3.63) is 0 Å². The Morgan fingerprint density at radius 2 is 2.06 bits per heavy atom. The molecule has 0 bridgehead atoms. The molecule has 0 saturated heterocycles. The first-order valence-corrected chi connectivity index (χ1v) is 7.00. The van der Waals surface area contributed by atoms with Gasteiger partial charge in [-0.1, -0.05) is 19.8 Å². The minimum atomic E-state index is 0.663. The molecule has 0 radical (unpaired) electrons. The third-order valence-electron chi connectivity index (χ3n) is 4.00. The SMILES string of the molecule is CC1CCCC(CNCCN(C)C(C)C)C1. The van der Waals surface area contributed by atoms with E-state index >= 15 is 0 Å². The second-order valence-electron chi connectivity index (χ2n) is 5.92. The molecular formula is C14H30N2. The maximum atomic E-state index is 3.62. The van der Waals surface area contributed by atoms with Crippen LogP contribution < -0.4 is 5.32 Å². The lowest BCUT2D eigenvalue weighted by Gasteiger charge is -2.27. The van der Waals surface area contributed by atoms with Crippen molar-refractivity contribution in [1.82, 2.24) is 10.2 Å². The quantitative estimate of drug-likeness (QED) is 0.701. The number of hydrogen-bond donors (Lipinski definition) is 1. The van der Waals surface area contributed by atoms with Gasteiger partial charge in [0.1, 0.15) is 0 Å². The Morgan fingerprint density at radius 1 is 1.31 bits per heavy atom. The van der Waals surface area contributed by atoms with Crippen LogP contribution in [0.2, 0.25) is 0 Å². The summed E-state index contributed by atoms with van der Waals surface area (Å²) in [5, 5.41) is 3.62. The zero-order valence-electron chi connectivity index (χ0n) is 11.6. The topological polar surface area (TPSA) is 15.3 Å². The van der Waals surface area contributed by atoms with E-state index in [9.17, 15) is 0 Å². The van der Waals surface area contributed by atoms with Gasteiger partial charge in [0.05, 0.1) is 0 Å². The molecule has 96 valence electrons. The molecule has 0 aromatic carbocycles. The van der Waals surface area contributed by atoms with Crippen molar-refractivity contribution < 1.29 is 0 Å². The van der Waals surface area contributed by atoms with E-state index in [1.165, 1.54) is 38.8 Å². The molecule has 0 aromatic rings. The Bertz CT molecular complexity index is 180. The maximum Gasteiger partial charge on any atom is 0.0106 e. The first-order chi connectivity index (χ1) is 7.59. The van der Waals surface area contributed by atoms with E-state index < -0.39 is 0 Å². The normalized spacial score (nSPS) is 26.6. The monoisotopic (exact) mass is 226 g/mol. The lowest BCUT2D eigenvalue weighted by Crippen LogP contribution is -2.36. The Kier molecular flexibility index (Phi) is 6.37. The summed E-state index contributed by atoms with van der Waals surface area (Å²) in [6.07, 6.45) is 5.77. The summed E-state index contributed by atoms with van der Waals surface area (Å²) in [7, 11) is 2.20. The van der Waals surface area contributed by atoms with Gasteiger partial charge in [0, 0.05) is 19.1 Å². The van der Waals surface area contributed by atoms with Crippen molar-refractivity contribution in [3.63, 3.8) is 0 Å². The van der Waals surface area contributed by atoms with Crippen LogP contribution in [-0.2, 0) is 0 Å².